The standard InChI is InChI=1S/C67H121NO8/c1-3-5-7-9-11-13-15-17-19-21-23-25-27-29-30-31-32-33-35-37-39-41-43-45-47-49-51-53-55-57-63(71)68-60(59-75-67-66(74)65(73)64(72)62(58-69)76-67)61(70)56-54-52-50-48-46-44-42-40-38-36-34-28-26-24-22-20-18-16-14-12-10-8-6-4-2/h15,17,21,23,27,29,38,40,46,48,54,56,60-62,64-67,69-70,72-74H,3-14,16,18-20,22,24-26,28,30-37,39,41-45,47,49-53,55,57-59H2,1-2H3,(H,68,71)/b17-15-,23-21-,29-27-,40-38+,48-46+,56-54+. The van der Waals surface area contributed by atoms with E-state index in [2.05, 4.69) is 79.9 Å². The first-order valence-electron chi connectivity index (χ1n) is 32.2. The van der Waals surface area contributed by atoms with Gasteiger partial charge in [-0.15, -0.1) is 0 Å². The molecule has 1 heterocycles. The van der Waals surface area contributed by atoms with E-state index in [4.69, 9.17) is 9.47 Å². The van der Waals surface area contributed by atoms with E-state index in [-0.39, 0.29) is 12.5 Å². The molecule has 0 aromatic carbocycles. The second-order valence-corrected chi connectivity index (χ2v) is 22.2. The number of nitrogens with one attached hydrogen (secondary N) is 1. The molecule has 442 valence electrons. The molecule has 0 bridgehead atoms. The summed E-state index contributed by atoms with van der Waals surface area (Å²) in [6, 6.07) is -0.833. The molecule has 0 spiro atoms. The topological polar surface area (TPSA) is 149 Å². The number of rotatable bonds is 55. The second kappa shape index (κ2) is 55.9. The number of unbranched alkanes of at least 4 members (excludes halogenated alkanes) is 35. The Morgan fingerprint density at radius 3 is 1.20 bits per heavy atom. The molecule has 7 unspecified atom stereocenters. The maximum Gasteiger partial charge on any atom is 0.220 e. The highest BCUT2D eigenvalue weighted by atomic mass is 16.7. The summed E-state index contributed by atoms with van der Waals surface area (Å²) >= 11 is 0. The quantitative estimate of drug-likeness (QED) is 0.0261. The van der Waals surface area contributed by atoms with Crippen molar-refractivity contribution < 1.29 is 39.8 Å². The lowest BCUT2D eigenvalue weighted by Crippen LogP contribution is -2.60. The highest BCUT2D eigenvalue weighted by Gasteiger charge is 2.44. The zero-order chi connectivity index (χ0) is 55.0. The number of aliphatic hydroxyl groups excluding tert-OH is 5. The monoisotopic (exact) mass is 1070 g/mol. The summed E-state index contributed by atoms with van der Waals surface area (Å²) in [6.07, 6.45) is 71.3. The molecular weight excluding hydrogens is 947 g/mol. The van der Waals surface area contributed by atoms with Gasteiger partial charge in [0.25, 0.3) is 0 Å². The second-order valence-electron chi connectivity index (χ2n) is 22.2. The lowest BCUT2D eigenvalue weighted by Gasteiger charge is -2.40. The van der Waals surface area contributed by atoms with Crippen molar-refractivity contribution in [3.05, 3.63) is 72.9 Å². The zero-order valence-electron chi connectivity index (χ0n) is 49.3. The average molecular weight is 1070 g/mol. The summed E-state index contributed by atoms with van der Waals surface area (Å²) in [5, 5.41) is 54.6. The first-order valence-corrected chi connectivity index (χ1v) is 32.2. The third-order valence-corrected chi connectivity index (χ3v) is 15.0. The molecule has 76 heavy (non-hydrogen) atoms. The first kappa shape index (κ1) is 71.6. The van der Waals surface area contributed by atoms with Crippen LogP contribution in [0, 0.1) is 0 Å². The predicted octanol–water partition coefficient (Wildman–Crippen LogP) is 16.8. The number of allylic oxidation sites excluding steroid dienone is 11. The van der Waals surface area contributed by atoms with Gasteiger partial charge in [0.1, 0.15) is 24.4 Å². The molecule has 1 fully saturated rings. The number of aliphatic hydroxyl groups is 5. The normalized spacial score (nSPS) is 19.3. The Labute approximate surface area is 468 Å². The molecule has 1 aliphatic heterocycles. The van der Waals surface area contributed by atoms with Crippen molar-refractivity contribution in [2.45, 2.75) is 333 Å². The Morgan fingerprint density at radius 2 is 0.789 bits per heavy atom. The molecular formula is C67H121NO8. The number of hydrogen-bond donors (Lipinski definition) is 6. The molecule has 1 aliphatic rings. The van der Waals surface area contributed by atoms with E-state index >= 15 is 0 Å². The van der Waals surface area contributed by atoms with Crippen LogP contribution >= 0.6 is 0 Å². The minimum absolute atomic E-state index is 0.191. The molecule has 0 aliphatic carbocycles. The van der Waals surface area contributed by atoms with Crippen LogP contribution in [0.1, 0.15) is 290 Å². The molecule has 0 aromatic rings. The summed E-state index contributed by atoms with van der Waals surface area (Å²) in [5.74, 6) is -0.191. The van der Waals surface area contributed by atoms with E-state index in [0.717, 1.165) is 57.8 Å². The fourth-order valence-corrected chi connectivity index (χ4v) is 9.90. The Balaban J connectivity index is 2.21. The van der Waals surface area contributed by atoms with Crippen LogP contribution < -0.4 is 5.32 Å². The maximum atomic E-state index is 13.1. The molecule has 1 rings (SSSR count). The van der Waals surface area contributed by atoms with Crippen molar-refractivity contribution in [3.63, 3.8) is 0 Å². The van der Waals surface area contributed by atoms with Gasteiger partial charge in [0.05, 0.1) is 25.4 Å². The van der Waals surface area contributed by atoms with Gasteiger partial charge in [-0.3, -0.25) is 4.79 Å². The number of carbonyl (C=O) groups excluding carboxylic acids is 1. The van der Waals surface area contributed by atoms with Crippen LogP contribution in [0.25, 0.3) is 0 Å². The third-order valence-electron chi connectivity index (χ3n) is 15.0. The smallest absolute Gasteiger partial charge is 0.220 e. The number of carbonyl (C=O) groups is 1. The molecule has 7 atom stereocenters. The SMILES string of the molecule is CCCCCCC/C=C\C/C=C\C/C=C\CCCCCCCCCCCCCCCCC(=O)NC(COC1OC(CO)C(O)C(O)C1O)C(O)/C=C/CC/C=C/CC/C=C/CCCCCCCCCCCCCCCC. The molecule has 1 saturated heterocycles. The highest BCUT2D eigenvalue weighted by Crippen LogP contribution is 2.23. The van der Waals surface area contributed by atoms with Crippen LogP contribution in [0.5, 0.6) is 0 Å². The summed E-state index contributed by atoms with van der Waals surface area (Å²) in [7, 11) is 0. The summed E-state index contributed by atoms with van der Waals surface area (Å²) in [4.78, 5) is 13.1. The van der Waals surface area contributed by atoms with Crippen molar-refractivity contribution in [2.24, 2.45) is 0 Å². The fourth-order valence-electron chi connectivity index (χ4n) is 9.90. The van der Waals surface area contributed by atoms with Gasteiger partial charge in [0.15, 0.2) is 6.29 Å². The lowest BCUT2D eigenvalue weighted by atomic mass is 9.99. The van der Waals surface area contributed by atoms with Gasteiger partial charge in [-0.1, -0.05) is 273 Å². The predicted molar refractivity (Wildman–Crippen MR) is 322 cm³/mol. The number of ether oxygens (including phenoxy) is 2. The van der Waals surface area contributed by atoms with Crippen molar-refractivity contribution in [1.82, 2.24) is 5.32 Å². The summed E-state index contributed by atoms with van der Waals surface area (Å²) in [6.45, 7) is 3.77. The fraction of sp³-hybridized carbons (Fsp3) is 0.806. The van der Waals surface area contributed by atoms with E-state index < -0.39 is 49.5 Å². The molecule has 0 radical (unpaired) electrons. The van der Waals surface area contributed by atoms with E-state index in [0.29, 0.717) is 6.42 Å². The van der Waals surface area contributed by atoms with E-state index in [9.17, 15) is 30.3 Å². The zero-order valence-corrected chi connectivity index (χ0v) is 49.3. The maximum absolute atomic E-state index is 13.1. The van der Waals surface area contributed by atoms with Gasteiger partial charge in [-0.2, -0.15) is 0 Å². The van der Waals surface area contributed by atoms with Gasteiger partial charge in [0.2, 0.25) is 5.91 Å². The Morgan fingerprint density at radius 1 is 0.447 bits per heavy atom. The van der Waals surface area contributed by atoms with E-state index in [1.807, 2.05) is 6.08 Å². The molecule has 6 N–H and O–H groups in total. The number of amides is 1. The number of hydrogen-bond acceptors (Lipinski definition) is 8. The van der Waals surface area contributed by atoms with Crippen molar-refractivity contribution >= 4 is 5.91 Å². The molecule has 9 heteroatoms. The van der Waals surface area contributed by atoms with Crippen LogP contribution in [0.2, 0.25) is 0 Å². The average Bonchev–Trinajstić information content (AvgIpc) is 3.42. The molecule has 0 aromatic heterocycles. The van der Waals surface area contributed by atoms with E-state index in [1.165, 1.54) is 212 Å². The van der Waals surface area contributed by atoms with Crippen LogP contribution in [-0.4, -0.2) is 87.5 Å². The van der Waals surface area contributed by atoms with E-state index in [1.54, 1.807) is 6.08 Å². The largest absolute Gasteiger partial charge is 0.394 e. The highest BCUT2D eigenvalue weighted by molar-refractivity contribution is 5.76. The van der Waals surface area contributed by atoms with Crippen LogP contribution in [0.4, 0.5) is 0 Å². The molecule has 0 saturated carbocycles. The van der Waals surface area contributed by atoms with Crippen LogP contribution in [0.3, 0.4) is 0 Å². The first-order chi connectivity index (χ1) is 37.3. The summed E-state index contributed by atoms with van der Waals surface area (Å²) in [5.41, 5.74) is 0. The van der Waals surface area contributed by atoms with Gasteiger partial charge in [-0.05, 0) is 83.5 Å². The van der Waals surface area contributed by atoms with Gasteiger partial charge in [0, 0.05) is 6.42 Å². The molecule has 1 amide bonds. The Bertz CT molecular complexity index is 1420. The minimum atomic E-state index is -1.58. The van der Waals surface area contributed by atoms with Gasteiger partial charge >= 0.3 is 0 Å². The molecule has 9 nitrogen and oxygen atoms in total. The Hall–Kier alpha value is -2.37. The minimum Gasteiger partial charge on any atom is -0.394 e. The van der Waals surface area contributed by atoms with Gasteiger partial charge in [-0.25, -0.2) is 0 Å². The Kier molecular flexibility index (Phi) is 52.7. The van der Waals surface area contributed by atoms with Crippen molar-refractivity contribution in [1.29, 1.82) is 0 Å². The van der Waals surface area contributed by atoms with Gasteiger partial charge < -0.3 is 40.3 Å². The van der Waals surface area contributed by atoms with Crippen LogP contribution in [-0.2, 0) is 14.3 Å². The van der Waals surface area contributed by atoms with Crippen molar-refractivity contribution in [3.8, 4) is 0 Å². The van der Waals surface area contributed by atoms with Crippen molar-refractivity contribution in [2.75, 3.05) is 13.2 Å². The summed E-state index contributed by atoms with van der Waals surface area (Å²) < 4.78 is 11.3. The lowest BCUT2D eigenvalue weighted by molar-refractivity contribution is -0.302. The van der Waals surface area contributed by atoms with Crippen LogP contribution in [0.15, 0.2) is 72.9 Å². The third kappa shape index (κ3) is 44.5.